The van der Waals surface area contributed by atoms with Crippen molar-refractivity contribution in [3.8, 4) is 0 Å². The Morgan fingerprint density at radius 3 is 2.07 bits per heavy atom. The van der Waals surface area contributed by atoms with Gasteiger partial charge in [-0.15, -0.1) is 3.94 Å². The highest BCUT2D eigenvalue weighted by Crippen LogP contribution is 2.27. The van der Waals surface area contributed by atoms with Crippen molar-refractivity contribution >= 4 is 23.6 Å². The Bertz CT molecular complexity index is 190. The van der Waals surface area contributed by atoms with Gasteiger partial charge in [0.2, 0.25) is 0 Å². The van der Waals surface area contributed by atoms with E-state index in [4.69, 9.17) is 23.6 Å². The van der Waals surface area contributed by atoms with E-state index in [1.54, 1.807) is 0 Å². The number of quaternary nitrogens is 1. The molecule has 0 aliphatic carbocycles. The largest absolute Gasteiger partial charge is 0.331 e. The van der Waals surface area contributed by atoms with E-state index < -0.39 is 11.7 Å². The highest BCUT2D eigenvalue weighted by Gasteiger charge is 2.29. The van der Waals surface area contributed by atoms with Crippen molar-refractivity contribution in [2.45, 2.75) is 38.4 Å². The molecule has 0 bridgehead atoms. The van der Waals surface area contributed by atoms with Gasteiger partial charge in [-0.05, 0) is 43.8 Å². The van der Waals surface area contributed by atoms with Crippen LogP contribution in [0.4, 0.5) is 4.39 Å². The lowest BCUT2D eigenvalue weighted by atomic mass is 9.97. The Morgan fingerprint density at radius 2 is 1.73 bits per heavy atom. The fourth-order valence-corrected chi connectivity index (χ4v) is 1.38. The summed E-state index contributed by atoms with van der Waals surface area (Å²) in [4.78, 5) is 0. The predicted octanol–water partition coefficient (Wildman–Crippen LogP) is 3.20. The summed E-state index contributed by atoms with van der Waals surface area (Å²) in [7, 11) is 6.15. The molecule has 0 radical (unpaired) electrons. The van der Waals surface area contributed by atoms with E-state index in [2.05, 4.69) is 0 Å². The van der Waals surface area contributed by atoms with Crippen LogP contribution < -0.4 is 0 Å². The van der Waals surface area contributed by atoms with E-state index in [-0.39, 0.29) is 0 Å². The van der Waals surface area contributed by atoms with Gasteiger partial charge in [0.15, 0.2) is 0 Å². The number of hydrogen-bond acceptors (Lipinski definition) is 1. The minimum atomic E-state index is -0.864. The monoisotopic (exact) mass is 259 g/mol. The first-order valence-electron chi connectivity index (χ1n) is 5.11. The number of hydrogen-bond donors (Lipinski definition) is 0. The molecule has 0 aromatic rings. The Morgan fingerprint density at radius 1 is 1.27 bits per heavy atom. The number of nitrogens with zero attached hydrogens (tertiary/aromatic N) is 2. The third kappa shape index (κ3) is 7.34. The molecule has 0 spiro atoms. The number of alkyl halides is 1. The van der Waals surface area contributed by atoms with Crippen molar-refractivity contribution in [2.75, 3.05) is 27.7 Å². The highest BCUT2D eigenvalue weighted by atomic mass is 35.5. The SMILES string of the molecule is CC(C)(CC(F)CC[N+](C)(C)C)N(Cl)Cl. The summed E-state index contributed by atoms with van der Waals surface area (Å²) in [6.07, 6.45) is 0.0199. The molecule has 0 aromatic heterocycles. The smallest absolute Gasteiger partial charge is 0.107 e. The topological polar surface area (TPSA) is 3.24 Å². The highest BCUT2D eigenvalue weighted by molar-refractivity contribution is 6.34. The van der Waals surface area contributed by atoms with Gasteiger partial charge >= 0.3 is 0 Å². The third-order valence-corrected chi connectivity index (χ3v) is 3.21. The molecular weight excluding hydrogens is 238 g/mol. The van der Waals surface area contributed by atoms with E-state index in [0.717, 1.165) is 15.0 Å². The summed E-state index contributed by atoms with van der Waals surface area (Å²) in [6, 6.07) is 0. The molecule has 15 heavy (non-hydrogen) atoms. The first-order valence-corrected chi connectivity index (χ1v) is 5.78. The fourth-order valence-electron chi connectivity index (χ4n) is 1.24. The zero-order valence-electron chi connectivity index (χ0n) is 10.2. The van der Waals surface area contributed by atoms with E-state index >= 15 is 0 Å². The minimum Gasteiger partial charge on any atom is -0.331 e. The molecule has 0 aliphatic heterocycles. The second-order valence-electron chi connectivity index (χ2n) is 5.65. The molecule has 92 valence electrons. The van der Waals surface area contributed by atoms with Crippen molar-refractivity contribution in [1.82, 2.24) is 3.94 Å². The molecule has 0 saturated carbocycles. The van der Waals surface area contributed by atoms with Gasteiger partial charge in [0.1, 0.15) is 6.17 Å². The zero-order chi connectivity index (χ0) is 12.3. The molecule has 0 aromatic carbocycles. The van der Waals surface area contributed by atoms with Crippen molar-refractivity contribution in [3.05, 3.63) is 0 Å². The van der Waals surface area contributed by atoms with Crippen LogP contribution in [0, 0.1) is 0 Å². The molecule has 1 atom stereocenters. The summed E-state index contributed by atoms with van der Waals surface area (Å²) >= 11 is 11.3. The van der Waals surface area contributed by atoms with Gasteiger partial charge in [-0.25, -0.2) is 4.39 Å². The lowest BCUT2D eigenvalue weighted by Gasteiger charge is -2.30. The molecule has 0 heterocycles. The average molecular weight is 260 g/mol. The standard InChI is InChI=1S/C10H22Cl2FN2/c1-10(2,14(11)12)8-9(13)6-7-15(3,4)5/h9H,6-8H2,1-5H3/q+1. The van der Waals surface area contributed by atoms with Gasteiger partial charge in [0.25, 0.3) is 0 Å². The lowest BCUT2D eigenvalue weighted by molar-refractivity contribution is -0.870. The molecule has 0 fully saturated rings. The Hall–Kier alpha value is 0.430. The normalized spacial score (nSPS) is 15.8. The molecule has 0 rings (SSSR count). The summed E-state index contributed by atoms with van der Waals surface area (Å²) in [5.74, 6) is 0. The van der Waals surface area contributed by atoms with E-state index in [1.165, 1.54) is 0 Å². The van der Waals surface area contributed by atoms with Crippen LogP contribution in [0.5, 0.6) is 0 Å². The first kappa shape index (κ1) is 15.4. The van der Waals surface area contributed by atoms with Gasteiger partial charge in [-0.2, -0.15) is 0 Å². The summed E-state index contributed by atoms with van der Waals surface area (Å²) < 4.78 is 15.4. The van der Waals surface area contributed by atoms with Gasteiger partial charge in [-0.3, -0.25) is 0 Å². The molecule has 5 heteroatoms. The first-order chi connectivity index (χ1) is 6.54. The maximum Gasteiger partial charge on any atom is 0.107 e. The quantitative estimate of drug-likeness (QED) is 0.523. The van der Waals surface area contributed by atoms with Crippen molar-refractivity contribution in [2.24, 2.45) is 0 Å². The molecule has 0 saturated heterocycles. The molecule has 0 N–H and O–H groups in total. The Labute approximate surface area is 103 Å². The molecule has 1 unspecified atom stereocenters. The molecular formula is C10H22Cl2FN2+. The van der Waals surface area contributed by atoms with Crippen molar-refractivity contribution < 1.29 is 8.87 Å². The van der Waals surface area contributed by atoms with Crippen LogP contribution in [0.2, 0.25) is 0 Å². The van der Waals surface area contributed by atoms with E-state index in [0.29, 0.717) is 12.8 Å². The molecule has 2 nitrogen and oxygen atoms in total. The number of halogens is 3. The van der Waals surface area contributed by atoms with Crippen LogP contribution in [0.3, 0.4) is 0 Å². The van der Waals surface area contributed by atoms with Crippen LogP contribution in [-0.2, 0) is 0 Å². The average Bonchev–Trinajstić information content (AvgIpc) is 1.98. The maximum absolute atomic E-state index is 13.6. The van der Waals surface area contributed by atoms with Crippen LogP contribution in [0.15, 0.2) is 0 Å². The van der Waals surface area contributed by atoms with Gasteiger partial charge in [0.05, 0.1) is 27.7 Å². The summed E-state index contributed by atoms with van der Waals surface area (Å²) in [6.45, 7) is 4.46. The predicted molar refractivity (Wildman–Crippen MR) is 64.7 cm³/mol. The van der Waals surface area contributed by atoms with Gasteiger partial charge < -0.3 is 4.48 Å². The van der Waals surface area contributed by atoms with Crippen LogP contribution in [0.1, 0.15) is 26.7 Å². The van der Waals surface area contributed by atoms with E-state index in [1.807, 2.05) is 35.0 Å². The van der Waals surface area contributed by atoms with E-state index in [9.17, 15) is 4.39 Å². The maximum atomic E-state index is 13.6. The van der Waals surface area contributed by atoms with Gasteiger partial charge in [-0.1, -0.05) is 0 Å². The third-order valence-electron chi connectivity index (χ3n) is 2.29. The Balaban J connectivity index is 3.99. The minimum absolute atomic E-state index is 0.347. The second kappa shape index (κ2) is 5.67. The summed E-state index contributed by atoms with van der Waals surface area (Å²) in [5.41, 5.74) is -0.520. The fraction of sp³-hybridized carbons (Fsp3) is 1.00. The van der Waals surface area contributed by atoms with Gasteiger partial charge in [0, 0.05) is 12.0 Å². The second-order valence-corrected chi connectivity index (χ2v) is 6.50. The lowest BCUT2D eigenvalue weighted by Crippen LogP contribution is -2.39. The van der Waals surface area contributed by atoms with Crippen LogP contribution in [-0.4, -0.2) is 47.8 Å². The van der Waals surface area contributed by atoms with Crippen LogP contribution in [0.25, 0.3) is 0 Å². The number of rotatable bonds is 6. The van der Waals surface area contributed by atoms with Crippen LogP contribution >= 0.6 is 23.6 Å². The van der Waals surface area contributed by atoms with Crippen molar-refractivity contribution in [1.29, 1.82) is 0 Å². The summed E-state index contributed by atoms with van der Waals surface area (Å²) in [5, 5.41) is 0. The zero-order valence-corrected chi connectivity index (χ0v) is 11.7. The molecule has 0 amide bonds. The molecule has 0 aliphatic rings. The Kier molecular flexibility index (Phi) is 5.83. The van der Waals surface area contributed by atoms with Crippen molar-refractivity contribution in [3.63, 3.8) is 0 Å².